The smallest absolute Gasteiger partial charge is 0.408 e. The monoisotopic (exact) mass is 500 g/mol. The third-order valence-corrected chi connectivity index (χ3v) is 6.30. The van der Waals surface area contributed by atoms with Crippen molar-refractivity contribution in [3.05, 3.63) is 46.7 Å². The van der Waals surface area contributed by atoms with E-state index in [0.717, 1.165) is 42.1 Å². The molecule has 0 aliphatic carbocycles. The van der Waals surface area contributed by atoms with Crippen LogP contribution in [0.5, 0.6) is 0 Å². The third kappa shape index (κ3) is 6.54. The molecule has 10 heteroatoms. The normalized spacial score (nSPS) is 16.7. The molecule has 0 unspecified atom stereocenters. The summed E-state index contributed by atoms with van der Waals surface area (Å²) in [5.41, 5.74) is 1.39. The van der Waals surface area contributed by atoms with Gasteiger partial charge < -0.3 is 25.2 Å². The average molecular weight is 501 g/mol. The number of ether oxygens (including phenoxy) is 1. The van der Waals surface area contributed by atoms with Crippen molar-refractivity contribution < 1.29 is 14.3 Å². The molecule has 1 aromatic carbocycles. The molecule has 35 heavy (non-hydrogen) atoms. The molecule has 9 nitrogen and oxygen atoms in total. The number of rotatable bonds is 5. The number of aromatic nitrogens is 2. The molecule has 1 saturated heterocycles. The molecule has 2 aliphatic heterocycles. The Bertz CT molecular complexity index is 1050. The highest BCUT2D eigenvalue weighted by Crippen LogP contribution is 2.28. The molecule has 4 rings (SSSR count). The summed E-state index contributed by atoms with van der Waals surface area (Å²) in [5.74, 6) is 1.72. The zero-order valence-electron chi connectivity index (χ0n) is 20.5. The van der Waals surface area contributed by atoms with Crippen LogP contribution in [0.4, 0.5) is 16.4 Å². The number of carbonyl (C=O) groups is 2. The van der Waals surface area contributed by atoms with Crippen LogP contribution in [0.25, 0.3) is 0 Å². The molecule has 188 valence electrons. The lowest BCUT2D eigenvalue weighted by atomic mass is 10.0. The van der Waals surface area contributed by atoms with Crippen LogP contribution in [-0.4, -0.2) is 71.2 Å². The molecule has 2 aromatic rings. The predicted octanol–water partition coefficient (Wildman–Crippen LogP) is 3.27. The van der Waals surface area contributed by atoms with E-state index >= 15 is 0 Å². The van der Waals surface area contributed by atoms with Gasteiger partial charge in [-0.05, 0) is 51.3 Å². The molecule has 3 heterocycles. The van der Waals surface area contributed by atoms with Gasteiger partial charge in [0.05, 0.1) is 0 Å². The maximum absolute atomic E-state index is 13.5. The summed E-state index contributed by atoms with van der Waals surface area (Å²) in [7, 11) is 0. The van der Waals surface area contributed by atoms with Crippen molar-refractivity contribution in [2.75, 3.05) is 42.9 Å². The number of nitrogens with one attached hydrogen (secondary N) is 2. The molecule has 1 aromatic heterocycles. The van der Waals surface area contributed by atoms with Crippen LogP contribution in [0.1, 0.15) is 38.3 Å². The SMILES string of the molecule is CC(C)(C)OC(=O)N[C@H](Cc1ccc(Cl)cc1)C(=O)N1CCN(c2ncnc3c2CCCN3)CC1. The standard InChI is InChI=1S/C25H33ClN6O3/c1-25(2,3)35-24(34)30-20(15-17-6-8-18(26)9-7-17)23(33)32-13-11-31(12-14-32)22-19-5-4-10-27-21(19)28-16-29-22/h6-9,16,20H,4-5,10-15H2,1-3H3,(H,30,34)(H,27,28,29)/t20-/m1/s1. The summed E-state index contributed by atoms with van der Waals surface area (Å²) in [6.07, 6.45) is 3.33. The molecule has 0 saturated carbocycles. The summed E-state index contributed by atoms with van der Waals surface area (Å²) < 4.78 is 5.42. The number of halogens is 1. The summed E-state index contributed by atoms with van der Waals surface area (Å²) in [6, 6.07) is 6.55. The molecule has 0 bridgehead atoms. The van der Waals surface area contributed by atoms with Crippen LogP contribution in [0.2, 0.25) is 5.02 Å². The quantitative estimate of drug-likeness (QED) is 0.649. The fourth-order valence-electron chi connectivity index (χ4n) is 4.40. The largest absolute Gasteiger partial charge is 0.444 e. The zero-order valence-corrected chi connectivity index (χ0v) is 21.3. The first-order valence-electron chi connectivity index (χ1n) is 12.0. The molecule has 2 aliphatic rings. The number of carbonyl (C=O) groups excluding carboxylic acids is 2. The lowest BCUT2D eigenvalue weighted by molar-refractivity contribution is -0.133. The molecule has 0 spiro atoms. The molecule has 0 radical (unpaired) electrons. The second-order valence-electron chi connectivity index (χ2n) is 9.90. The lowest BCUT2D eigenvalue weighted by Gasteiger charge is -2.38. The Balaban J connectivity index is 1.44. The molecule has 2 amide bonds. The van der Waals surface area contributed by atoms with Gasteiger partial charge in [-0.15, -0.1) is 0 Å². The van der Waals surface area contributed by atoms with Gasteiger partial charge in [0.25, 0.3) is 0 Å². The third-order valence-electron chi connectivity index (χ3n) is 6.05. The Morgan fingerprint density at radius 3 is 2.54 bits per heavy atom. The van der Waals surface area contributed by atoms with Gasteiger partial charge in [0, 0.05) is 49.7 Å². The minimum atomic E-state index is -0.742. The predicted molar refractivity (Wildman–Crippen MR) is 136 cm³/mol. The highest BCUT2D eigenvalue weighted by atomic mass is 35.5. The van der Waals surface area contributed by atoms with Gasteiger partial charge in [-0.1, -0.05) is 23.7 Å². The number of alkyl carbamates (subject to hydrolysis) is 1. The first-order valence-corrected chi connectivity index (χ1v) is 12.4. The Morgan fingerprint density at radius 2 is 1.86 bits per heavy atom. The van der Waals surface area contributed by atoms with Crippen molar-refractivity contribution >= 4 is 35.2 Å². The van der Waals surface area contributed by atoms with Gasteiger partial charge >= 0.3 is 6.09 Å². The fourth-order valence-corrected chi connectivity index (χ4v) is 4.52. The van der Waals surface area contributed by atoms with E-state index in [0.29, 0.717) is 37.6 Å². The number of piperazine rings is 1. The summed E-state index contributed by atoms with van der Waals surface area (Å²) >= 11 is 6.02. The van der Waals surface area contributed by atoms with E-state index < -0.39 is 17.7 Å². The highest BCUT2D eigenvalue weighted by molar-refractivity contribution is 6.30. The Morgan fingerprint density at radius 1 is 1.14 bits per heavy atom. The Hall–Kier alpha value is -3.07. The van der Waals surface area contributed by atoms with Gasteiger partial charge in [0.15, 0.2) is 0 Å². The number of benzene rings is 1. The molecule has 2 N–H and O–H groups in total. The zero-order chi connectivity index (χ0) is 25.0. The maximum Gasteiger partial charge on any atom is 0.408 e. The average Bonchev–Trinajstić information content (AvgIpc) is 2.83. The van der Waals surface area contributed by atoms with E-state index in [9.17, 15) is 9.59 Å². The first-order chi connectivity index (χ1) is 16.7. The van der Waals surface area contributed by atoms with E-state index in [-0.39, 0.29) is 5.91 Å². The van der Waals surface area contributed by atoms with Gasteiger partial charge in [-0.3, -0.25) is 4.79 Å². The number of fused-ring (bicyclic) bond motifs is 1. The van der Waals surface area contributed by atoms with Crippen LogP contribution in [0.15, 0.2) is 30.6 Å². The van der Waals surface area contributed by atoms with Crippen molar-refractivity contribution in [2.45, 2.75) is 51.7 Å². The van der Waals surface area contributed by atoms with E-state index in [2.05, 4.69) is 25.5 Å². The van der Waals surface area contributed by atoms with E-state index in [1.165, 1.54) is 0 Å². The summed E-state index contributed by atoms with van der Waals surface area (Å²) in [5, 5.41) is 6.75. The molecular formula is C25H33ClN6O3. The summed E-state index contributed by atoms with van der Waals surface area (Å²) in [6.45, 7) is 8.71. The first kappa shape index (κ1) is 25.0. The van der Waals surface area contributed by atoms with Gasteiger partial charge in [0.1, 0.15) is 29.6 Å². The summed E-state index contributed by atoms with van der Waals surface area (Å²) in [4.78, 5) is 39.0. The lowest BCUT2D eigenvalue weighted by Crippen LogP contribution is -2.56. The van der Waals surface area contributed by atoms with Crippen molar-refractivity contribution in [1.29, 1.82) is 0 Å². The minimum Gasteiger partial charge on any atom is -0.444 e. The van der Waals surface area contributed by atoms with Crippen LogP contribution in [0, 0.1) is 0 Å². The maximum atomic E-state index is 13.5. The van der Waals surface area contributed by atoms with Crippen molar-refractivity contribution in [1.82, 2.24) is 20.2 Å². The van der Waals surface area contributed by atoms with Crippen LogP contribution < -0.4 is 15.5 Å². The molecule has 1 atom stereocenters. The number of hydrogen-bond donors (Lipinski definition) is 2. The van der Waals surface area contributed by atoms with Crippen LogP contribution >= 0.6 is 11.6 Å². The van der Waals surface area contributed by atoms with Gasteiger partial charge in [0.2, 0.25) is 5.91 Å². The minimum absolute atomic E-state index is 0.128. The van der Waals surface area contributed by atoms with Gasteiger partial charge in [-0.2, -0.15) is 0 Å². The Kier molecular flexibility index (Phi) is 7.64. The number of hydrogen-bond acceptors (Lipinski definition) is 7. The second kappa shape index (κ2) is 10.7. The number of anilines is 2. The van der Waals surface area contributed by atoms with E-state index in [1.807, 2.05) is 12.1 Å². The topological polar surface area (TPSA) is 99.7 Å². The van der Waals surface area contributed by atoms with Gasteiger partial charge in [-0.25, -0.2) is 14.8 Å². The van der Waals surface area contributed by atoms with E-state index in [4.69, 9.17) is 16.3 Å². The van der Waals surface area contributed by atoms with Crippen molar-refractivity contribution in [2.24, 2.45) is 0 Å². The second-order valence-corrected chi connectivity index (χ2v) is 10.3. The van der Waals surface area contributed by atoms with Crippen LogP contribution in [-0.2, 0) is 22.4 Å². The Labute approximate surface area is 211 Å². The number of nitrogens with zero attached hydrogens (tertiary/aromatic N) is 4. The number of amides is 2. The molecule has 1 fully saturated rings. The highest BCUT2D eigenvalue weighted by Gasteiger charge is 2.31. The molecular weight excluding hydrogens is 468 g/mol. The van der Waals surface area contributed by atoms with Crippen LogP contribution in [0.3, 0.4) is 0 Å². The van der Waals surface area contributed by atoms with Crippen molar-refractivity contribution in [3.63, 3.8) is 0 Å². The van der Waals surface area contributed by atoms with Crippen molar-refractivity contribution in [3.8, 4) is 0 Å². The fraction of sp³-hybridized carbons (Fsp3) is 0.520. The van der Waals surface area contributed by atoms with E-state index in [1.54, 1.807) is 44.1 Å².